The highest BCUT2D eigenvalue weighted by Gasteiger charge is 2.15. The molecule has 5 heteroatoms. The molecule has 5 rings (SSSR count). The van der Waals surface area contributed by atoms with Crippen molar-refractivity contribution in [1.29, 1.82) is 5.26 Å². The van der Waals surface area contributed by atoms with Crippen LogP contribution in [0.4, 0.5) is 0 Å². The van der Waals surface area contributed by atoms with Gasteiger partial charge in [-0.1, -0.05) is 18.2 Å². The molecule has 0 aliphatic carbocycles. The van der Waals surface area contributed by atoms with E-state index in [-0.39, 0.29) is 0 Å². The summed E-state index contributed by atoms with van der Waals surface area (Å²) >= 11 is 0. The molecule has 3 aromatic heterocycles. The Bertz CT molecular complexity index is 1380. The number of aryl methyl sites for hydroxylation is 2. The van der Waals surface area contributed by atoms with Crippen LogP contribution in [0.3, 0.4) is 0 Å². The zero-order valence-corrected chi connectivity index (χ0v) is 15.6. The van der Waals surface area contributed by atoms with Crippen molar-refractivity contribution in [3.63, 3.8) is 0 Å². The Morgan fingerprint density at radius 2 is 1.75 bits per heavy atom. The average Bonchev–Trinajstić information content (AvgIpc) is 3.28. The first-order valence-electron chi connectivity index (χ1n) is 9.02. The number of hydrogen-bond acceptors (Lipinski definition) is 3. The van der Waals surface area contributed by atoms with E-state index in [0.29, 0.717) is 5.56 Å². The van der Waals surface area contributed by atoms with Crippen LogP contribution in [-0.2, 0) is 14.1 Å². The van der Waals surface area contributed by atoms with Crippen molar-refractivity contribution < 1.29 is 0 Å². The van der Waals surface area contributed by atoms with Gasteiger partial charge >= 0.3 is 0 Å². The molecule has 0 amide bonds. The lowest BCUT2D eigenvalue weighted by Gasteiger charge is -2.12. The number of nitrogens with zero attached hydrogens (tertiary/aromatic N) is 5. The first kappa shape index (κ1) is 16.3. The van der Waals surface area contributed by atoms with Gasteiger partial charge in [0.15, 0.2) is 0 Å². The molecule has 3 heterocycles. The number of hydrogen-bond donors (Lipinski definition) is 0. The predicted octanol–water partition coefficient (Wildman–Crippen LogP) is 4.67. The molecule has 0 unspecified atom stereocenters. The van der Waals surface area contributed by atoms with Crippen molar-refractivity contribution >= 4 is 21.9 Å². The van der Waals surface area contributed by atoms with Gasteiger partial charge in [-0.15, -0.1) is 0 Å². The fourth-order valence-electron chi connectivity index (χ4n) is 3.77. The van der Waals surface area contributed by atoms with Crippen LogP contribution in [0.2, 0.25) is 0 Å². The third-order valence-electron chi connectivity index (χ3n) is 5.13. The van der Waals surface area contributed by atoms with Gasteiger partial charge in [0.2, 0.25) is 0 Å². The molecular weight excluding hydrogens is 346 g/mol. The summed E-state index contributed by atoms with van der Waals surface area (Å²) in [5.74, 6) is 0. The SMILES string of the molecule is Cn1cc2cc(-c3cnc4c(ccn4C)c3-c3ccc(C#N)cc3)ccc2n1. The third-order valence-corrected chi connectivity index (χ3v) is 5.13. The fraction of sp³-hybridized carbons (Fsp3) is 0.0870. The van der Waals surface area contributed by atoms with Crippen LogP contribution in [0.5, 0.6) is 0 Å². The monoisotopic (exact) mass is 363 g/mol. The molecule has 0 saturated carbocycles. The summed E-state index contributed by atoms with van der Waals surface area (Å²) in [6.45, 7) is 0. The minimum Gasteiger partial charge on any atom is -0.336 e. The number of pyridine rings is 1. The molecule has 5 aromatic rings. The summed E-state index contributed by atoms with van der Waals surface area (Å²) < 4.78 is 3.85. The van der Waals surface area contributed by atoms with Gasteiger partial charge in [0.1, 0.15) is 5.65 Å². The van der Waals surface area contributed by atoms with E-state index in [4.69, 9.17) is 10.2 Å². The molecule has 2 aromatic carbocycles. The van der Waals surface area contributed by atoms with Gasteiger partial charge in [0, 0.05) is 54.6 Å². The molecule has 0 fully saturated rings. The second kappa shape index (κ2) is 6.07. The highest BCUT2D eigenvalue weighted by Crippen LogP contribution is 2.38. The molecule has 0 aliphatic heterocycles. The van der Waals surface area contributed by atoms with E-state index < -0.39 is 0 Å². The number of fused-ring (bicyclic) bond motifs is 2. The molecule has 0 spiro atoms. The average molecular weight is 363 g/mol. The van der Waals surface area contributed by atoms with Crippen LogP contribution in [0.1, 0.15) is 5.56 Å². The first-order valence-corrected chi connectivity index (χ1v) is 9.02. The lowest BCUT2D eigenvalue weighted by Crippen LogP contribution is -1.93. The Morgan fingerprint density at radius 3 is 2.54 bits per heavy atom. The van der Waals surface area contributed by atoms with Crippen molar-refractivity contribution in [1.82, 2.24) is 19.3 Å². The van der Waals surface area contributed by atoms with Crippen molar-refractivity contribution in [2.45, 2.75) is 0 Å². The van der Waals surface area contributed by atoms with Gasteiger partial charge in [0.25, 0.3) is 0 Å². The van der Waals surface area contributed by atoms with Crippen LogP contribution >= 0.6 is 0 Å². The van der Waals surface area contributed by atoms with E-state index in [1.165, 1.54) is 0 Å². The second-order valence-corrected chi connectivity index (χ2v) is 6.98. The summed E-state index contributed by atoms with van der Waals surface area (Å²) in [4.78, 5) is 4.71. The van der Waals surface area contributed by atoms with Crippen molar-refractivity contribution in [3.05, 3.63) is 72.7 Å². The van der Waals surface area contributed by atoms with Gasteiger partial charge < -0.3 is 4.57 Å². The summed E-state index contributed by atoms with van der Waals surface area (Å²) in [5, 5.41) is 15.8. The van der Waals surface area contributed by atoms with E-state index in [9.17, 15) is 0 Å². The van der Waals surface area contributed by atoms with Crippen LogP contribution in [0.15, 0.2) is 67.1 Å². The van der Waals surface area contributed by atoms with Gasteiger partial charge in [0.05, 0.1) is 17.1 Å². The molecule has 0 aliphatic rings. The van der Waals surface area contributed by atoms with E-state index >= 15 is 0 Å². The Kier molecular flexibility index (Phi) is 3.53. The summed E-state index contributed by atoms with van der Waals surface area (Å²) in [5.41, 5.74) is 6.91. The normalized spacial score (nSPS) is 11.2. The van der Waals surface area contributed by atoms with Gasteiger partial charge in [-0.2, -0.15) is 10.4 Å². The lowest BCUT2D eigenvalue weighted by molar-refractivity contribution is 0.780. The topological polar surface area (TPSA) is 59.4 Å². The first-order chi connectivity index (χ1) is 13.6. The predicted molar refractivity (Wildman–Crippen MR) is 111 cm³/mol. The summed E-state index contributed by atoms with van der Waals surface area (Å²) in [7, 11) is 3.93. The molecule has 0 N–H and O–H groups in total. The van der Waals surface area contributed by atoms with E-state index in [0.717, 1.165) is 44.2 Å². The Balaban J connectivity index is 1.80. The lowest BCUT2D eigenvalue weighted by atomic mass is 9.93. The molecule has 134 valence electrons. The Hall–Kier alpha value is -3.91. The summed E-state index contributed by atoms with van der Waals surface area (Å²) in [6, 6.07) is 18.3. The molecule has 28 heavy (non-hydrogen) atoms. The van der Waals surface area contributed by atoms with Gasteiger partial charge in [-0.05, 0) is 41.5 Å². The zero-order chi connectivity index (χ0) is 19.3. The van der Waals surface area contributed by atoms with Crippen molar-refractivity contribution in [3.8, 4) is 28.3 Å². The minimum atomic E-state index is 0.653. The van der Waals surface area contributed by atoms with Crippen LogP contribution in [0, 0.1) is 11.3 Å². The van der Waals surface area contributed by atoms with E-state index in [1.54, 1.807) is 0 Å². The maximum Gasteiger partial charge on any atom is 0.140 e. The number of nitriles is 1. The third kappa shape index (κ3) is 2.47. The highest BCUT2D eigenvalue weighted by atomic mass is 15.2. The van der Waals surface area contributed by atoms with Crippen molar-refractivity contribution in [2.75, 3.05) is 0 Å². The largest absolute Gasteiger partial charge is 0.336 e. The van der Waals surface area contributed by atoms with Crippen molar-refractivity contribution in [2.24, 2.45) is 14.1 Å². The van der Waals surface area contributed by atoms with E-state index in [1.807, 2.05) is 72.3 Å². The molecular formula is C23H17N5. The molecule has 0 bridgehead atoms. The van der Waals surface area contributed by atoms with E-state index in [2.05, 4.69) is 29.4 Å². The summed E-state index contributed by atoms with van der Waals surface area (Å²) in [6.07, 6.45) is 5.99. The minimum absolute atomic E-state index is 0.653. The van der Waals surface area contributed by atoms with Crippen LogP contribution < -0.4 is 0 Å². The molecule has 0 saturated heterocycles. The van der Waals surface area contributed by atoms with Gasteiger partial charge in [-0.3, -0.25) is 4.68 Å². The van der Waals surface area contributed by atoms with Gasteiger partial charge in [-0.25, -0.2) is 4.98 Å². The quantitative estimate of drug-likeness (QED) is 0.458. The Morgan fingerprint density at radius 1 is 0.964 bits per heavy atom. The standard InChI is InChI=1S/C23H17N5/c1-27-10-9-19-22(16-5-3-15(12-24)4-6-16)20(13-25-23(19)27)17-7-8-21-18(11-17)14-28(2)26-21/h3-11,13-14H,1-2H3. The second-order valence-electron chi connectivity index (χ2n) is 6.98. The maximum absolute atomic E-state index is 9.14. The van der Waals surface area contributed by atoms with Crippen LogP contribution in [-0.4, -0.2) is 19.3 Å². The fourth-order valence-corrected chi connectivity index (χ4v) is 3.77. The molecule has 5 nitrogen and oxygen atoms in total. The highest BCUT2D eigenvalue weighted by molar-refractivity contribution is 6.02. The number of rotatable bonds is 2. The molecule has 0 atom stereocenters. The zero-order valence-electron chi connectivity index (χ0n) is 15.6. The number of benzene rings is 2. The molecule has 0 radical (unpaired) electrons. The number of aromatic nitrogens is 4. The smallest absolute Gasteiger partial charge is 0.140 e. The maximum atomic E-state index is 9.14. The van der Waals surface area contributed by atoms with Crippen LogP contribution in [0.25, 0.3) is 44.2 Å². The Labute approximate surface area is 162 Å².